The molecule has 0 bridgehead atoms. The number of carbonyl (C=O) groups is 1. The number of hydrogen-bond acceptors (Lipinski definition) is 4. The molecule has 6 heteroatoms. The summed E-state index contributed by atoms with van der Waals surface area (Å²) >= 11 is 0. The molecule has 1 saturated heterocycles. The Hall–Kier alpha value is -4.45. The summed E-state index contributed by atoms with van der Waals surface area (Å²) in [6.45, 7) is 0.266. The maximum Gasteiger partial charge on any atom is 0.264 e. The number of pyridine rings is 1. The quantitative estimate of drug-likeness (QED) is 0.453. The predicted molar refractivity (Wildman–Crippen MR) is 131 cm³/mol. The lowest BCUT2D eigenvalue weighted by molar-refractivity contribution is -0.130. The zero-order valence-electron chi connectivity index (χ0n) is 18.7. The van der Waals surface area contributed by atoms with Crippen LogP contribution in [0.3, 0.4) is 0 Å². The highest BCUT2D eigenvalue weighted by molar-refractivity contribution is 6.10. The Bertz CT molecular complexity index is 1300. The van der Waals surface area contributed by atoms with Crippen molar-refractivity contribution >= 4 is 11.9 Å². The minimum Gasteiger partial charge on any atom is -0.481 e. The van der Waals surface area contributed by atoms with Gasteiger partial charge in [-0.3, -0.25) is 15.1 Å². The summed E-state index contributed by atoms with van der Waals surface area (Å²) < 4.78 is 5.41. The van der Waals surface area contributed by atoms with E-state index in [-0.39, 0.29) is 18.4 Å². The van der Waals surface area contributed by atoms with Crippen molar-refractivity contribution in [1.82, 2.24) is 15.2 Å². The molecule has 168 valence electrons. The van der Waals surface area contributed by atoms with Crippen molar-refractivity contribution in [2.24, 2.45) is 0 Å². The largest absolute Gasteiger partial charge is 0.481 e. The third-order valence-electron chi connectivity index (χ3n) is 6.10. The fourth-order valence-electron chi connectivity index (χ4n) is 4.48. The average molecular weight is 449 g/mol. The first-order valence-electron chi connectivity index (χ1n) is 11.0. The number of nitrogens with one attached hydrogen (secondary N) is 2. The minimum absolute atomic E-state index is 0.0714. The van der Waals surface area contributed by atoms with Crippen LogP contribution < -0.4 is 10.1 Å². The van der Waals surface area contributed by atoms with E-state index in [1.807, 2.05) is 97.1 Å². The summed E-state index contributed by atoms with van der Waals surface area (Å²) in [4.78, 5) is 19.8. The van der Waals surface area contributed by atoms with Gasteiger partial charge in [0.1, 0.15) is 0 Å². The van der Waals surface area contributed by atoms with Gasteiger partial charge in [0.05, 0.1) is 13.7 Å². The van der Waals surface area contributed by atoms with Crippen molar-refractivity contribution in [1.29, 1.82) is 5.41 Å². The normalized spacial score (nSPS) is 14.7. The molecule has 1 aromatic heterocycles. The van der Waals surface area contributed by atoms with E-state index in [4.69, 9.17) is 10.1 Å². The topological polar surface area (TPSA) is 78.3 Å². The molecule has 2 N–H and O–H groups in total. The van der Waals surface area contributed by atoms with E-state index in [0.29, 0.717) is 5.88 Å². The molecule has 0 atom stereocenters. The lowest BCUT2D eigenvalue weighted by atomic mass is 9.82. The van der Waals surface area contributed by atoms with Gasteiger partial charge < -0.3 is 10.1 Å². The van der Waals surface area contributed by atoms with E-state index < -0.39 is 5.54 Å². The van der Waals surface area contributed by atoms with Crippen LogP contribution in [0.2, 0.25) is 0 Å². The number of nitrogens with zero attached hydrogens (tertiary/aromatic N) is 2. The molecule has 0 saturated carbocycles. The Morgan fingerprint density at radius 2 is 1.59 bits per heavy atom. The van der Waals surface area contributed by atoms with E-state index >= 15 is 0 Å². The number of ether oxygens (including phenoxy) is 1. The van der Waals surface area contributed by atoms with Gasteiger partial charge in [-0.05, 0) is 40.5 Å². The molecular formula is C28H24N4O2. The SMILES string of the molecule is COc1ncccc1-c1cccc(CN2C(=N)NC(c3ccccc3)(c3ccccc3)C2=O)c1. The molecular weight excluding hydrogens is 424 g/mol. The molecule has 0 spiro atoms. The second-order valence-electron chi connectivity index (χ2n) is 8.11. The molecule has 34 heavy (non-hydrogen) atoms. The van der Waals surface area contributed by atoms with Gasteiger partial charge in [-0.2, -0.15) is 0 Å². The molecule has 6 nitrogen and oxygen atoms in total. The molecule has 4 aromatic rings. The first-order chi connectivity index (χ1) is 16.6. The van der Waals surface area contributed by atoms with Crippen LogP contribution in [0.5, 0.6) is 5.88 Å². The summed E-state index contributed by atoms with van der Waals surface area (Å²) in [7, 11) is 1.60. The number of guanidine groups is 1. The Labute approximate surface area is 198 Å². The van der Waals surface area contributed by atoms with Crippen LogP contribution in [0.1, 0.15) is 16.7 Å². The number of carbonyl (C=O) groups excluding carboxylic acids is 1. The van der Waals surface area contributed by atoms with Gasteiger partial charge in [-0.1, -0.05) is 78.9 Å². The maximum atomic E-state index is 14.0. The highest BCUT2D eigenvalue weighted by Crippen LogP contribution is 2.36. The van der Waals surface area contributed by atoms with Gasteiger partial charge in [-0.25, -0.2) is 4.98 Å². The summed E-state index contributed by atoms with van der Waals surface area (Å²) in [6.07, 6.45) is 1.69. The second kappa shape index (κ2) is 8.83. The highest BCUT2D eigenvalue weighted by atomic mass is 16.5. The van der Waals surface area contributed by atoms with Crippen LogP contribution in [0.25, 0.3) is 11.1 Å². The van der Waals surface area contributed by atoms with E-state index in [2.05, 4.69) is 10.3 Å². The van der Waals surface area contributed by atoms with Crippen molar-refractivity contribution in [3.63, 3.8) is 0 Å². The molecule has 2 heterocycles. The molecule has 1 amide bonds. The highest BCUT2D eigenvalue weighted by Gasteiger charge is 2.52. The molecule has 5 rings (SSSR count). The van der Waals surface area contributed by atoms with Gasteiger partial charge in [0, 0.05) is 11.8 Å². The number of aromatic nitrogens is 1. The third kappa shape index (κ3) is 3.59. The summed E-state index contributed by atoms with van der Waals surface area (Å²) in [5.74, 6) is 0.430. The number of methoxy groups -OCH3 is 1. The van der Waals surface area contributed by atoms with E-state index in [9.17, 15) is 4.79 Å². The van der Waals surface area contributed by atoms with Crippen LogP contribution in [-0.2, 0) is 16.9 Å². The van der Waals surface area contributed by atoms with Crippen molar-refractivity contribution < 1.29 is 9.53 Å². The van der Waals surface area contributed by atoms with Crippen LogP contribution >= 0.6 is 0 Å². The summed E-state index contributed by atoms with van der Waals surface area (Å²) in [5, 5.41) is 11.9. The molecule has 0 unspecified atom stereocenters. The lowest BCUT2D eigenvalue weighted by Crippen LogP contribution is -2.45. The zero-order valence-corrected chi connectivity index (χ0v) is 18.7. The minimum atomic E-state index is -1.15. The molecule has 1 fully saturated rings. The Morgan fingerprint density at radius 1 is 0.912 bits per heavy atom. The zero-order chi connectivity index (χ0) is 23.5. The standard InChI is InChI=1S/C28H24N4O2/c1-34-25-24(16-9-17-30-25)21-11-8-10-20(18-21)19-32-26(33)28(31-27(32)29,22-12-4-2-5-13-22)23-14-6-3-7-15-23/h2-18H,19H2,1H3,(H2,29,31). The number of hydrogen-bond donors (Lipinski definition) is 2. The van der Waals surface area contributed by atoms with Gasteiger partial charge >= 0.3 is 0 Å². The lowest BCUT2D eigenvalue weighted by Gasteiger charge is -2.28. The first kappa shape index (κ1) is 21.4. The van der Waals surface area contributed by atoms with E-state index in [1.54, 1.807) is 13.3 Å². The van der Waals surface area contributed by atoms with Gasteiger partial charge in [-0.15, -0.1) is 0 Å². The number of benzene rings is 3. The van der Waals surface area contributed by atoms with Crippen LogP contribution in [0.15, 0.2) is 103 Å². The summed E-state index contributed by atoms with van der Waals surface area (Å²) in [5.41, 5.74) is 3.16. The van der Waals surface area contributed by atoms with Gasteiger partial charge in [0.2, 0.25) is 5.88 Å². The van der Waals surface area contributed by atoms with Crippen LogP contribution in [0.4, 0.5) is 0 Å². The van der Waals surface area contributed by atoms with Gasteiger partial charge in [0.25, 0.3) is 5.91 Å². The Balaban J connectivity index is 1.52. The molecule has 0 aliphatic carbocycles. The molecule has 0 radical (unpaired) electrons. The molecule has 1 aliphatic rings. The van der Waals surface area contributed by atoms with Crippen molar-refractivity contribution in [3.8, 4) is 17.0 Å². The van der Waals surface area contributed by atoms with E-state index in [1.165, 1.54) is 4.90 Å². The van der Waals surface area contributed by atoms with Crippen molar-refractivity contribution in [2.45, 2.75) is 12.1 Å². The monoisotopic (exact) mass is 448 g/mol. The van der Waals surface area contributed by atoms with Crippen LogP contribution in [-0.4, -0.2) is 28.9 Å². The average Bonchev–Trinajstić information content (AvgIpc) is 3.15. The summed E-state index contributed by atoms with van der Waals surface area (Å²) in [6, 6.07) is 30.9. The third-order valence-corrected chi connectivity index (χ3v) is 6.10. The van der Waals surface area contributed by atoms with Gasteiger partial charge in [0.15, 0.2) is 11.5 Å². The fraction of sp³-hybridized carbons (Fsp3) is 0.107. The predicted octanol–water partition coefficient (Wildman–Crippen LogP) is 4.57. The maximum absolute atomic E-state index is 14.0. The smallest absolute Gasteiger partial charge is 0.264 e. The first-order valence-corrected chi connectivity index (χ1v) is 11.0. The number of amides is 1. The van der Waals surface area contributed by atoms with Crippen LogP contribution in [0, 0.1) is 5.41 Å². The molecule has 1 aliphatic heterocycles. The second-order valence-corrected chi connectivity index (χ2v) is 8.11. The van der Waals surface area contributed by atoms with E-state index in [0.717, 1.165) is 27.8 Å². The molecule has 3 aromatic carbocycles. The fourth-order valence-corrected chi connectivity index (χ4v) is 4.48. The Kier molecular flexibility index (Phi) is 5.55. The van der Waals surface area contributed by atoms with Crippen molar-refractivity contribution in [2.75, 3.05) is 7.11 Å². The number of rotatable bonds is 6. The van der Waals surface area contributed by atoms with Crippen molar-refractivity contribution in [3.05, 3.63) is 120 Å². The Morgan fingerprint density at radius 3 is 2.24 bits per heavy atom.